The lowest BCUT2D eigenvalue weighted by molar-refractivity contribution is -0.143. The van der Waals surface area contributed by atoms with Crippen molar-refractivity contribution in [2.24, 2.45) is 0 Å². The summed E-state index contributed by atoms with van der Waals surface area (Å²) in [5.41, 5.74) is 0. The van der Waals surface area contributed by atoms with Gasteiger partial charge < -0.3 is 14.8 Å². The molecule has 0 aliphatic rings. The van der Waals surface area contributed by atoms with E-state index in [1.807, 2.05) is 6.92 Å². The van der Waals surface area contributed by atoms with Crippen LogP contribution in [0.25, 0.3) is 0 Å². The molecule has 2 atom stereocenters. The molecular formula is C13H20N2O4. The van der Waals surface area contributed by atoms with Gasteiger partial charge in [0.05, 0.1) is 18.8 Å². The van der Waals surface area contributed by atoms with Crippen molar-refractivity contribution in [2.45, 2.75) is 32.4 Å². The average Bonchev–Trinajstić information content (AvgIpc) is 2.81. The Morgan fingerprint density at radius 2 is 2.21 bits per heavy atom. The normalized spacial score (nSPS) is 14.1. The van der Waals surface area contributed by atoms with Crippen molar-refractivity contribution < 1.29 is 19.1 Å². The number of nitrogens with one attached hydrogen (secondary N) is 1. The van der Waals surface area contributed by atoms with Crippen LogP contribution in [0.2, 0.25) is 0 Å². The van der Waals surface area contributed by atoms with Crippen LogP contribution in [-0.4, -0.2) is 41.5 Å². The zero-order valence-corrected chi connectivity index (χ0v) is 11.4. The van der Waals surface area contributed by atoms with Crippen LogP contribution in [0.4, 0.5) is 0 Å². The van der Waals surface area contributed by atoms with E-state index in [1.165, 1.54) is 4.90 Å². The van der Waals surface area contributed by atoms with Crippen LogP contribution in [0.15, 0.2) is 22.8 Å². The first-order valence-corrected chi connectivity index (χ1v) is 6.21. The number of carbonyl (C=O) groups is 2. The highest BCUT2D eigenvalue weighted by molar-refractivity contribution is 5.80. The van der Waals surface area contributed by atoms with E-state index in [-0.39, 0.29) is 18.5 Å². The van der Waals surface area contributed by atoms with Gasteiger partial charge in [-0.25, -0.2) is 0 Å². The van der Waals surface area contributed by atoms with Gasteiger partial charge in [0.15, 0.2) is 0 Å². The highest BCUT2D eigenvalue weighted by Crippen LogP contribution is 2.12. The van der Waals surface area contributed by atoms with Gasteiger partial charge in [0.2, 0.25) is 5.91 Å². The number of rotatable bonds is 7. The first-order valence-electron chi connectivity index (χ1n) is 6.21. The number of hydrogen-bond donors (Lipinski definition) is 2. The van der Waals surface area contributed by atoms with Crippen LogP contribution < -0.4 is 5.32 Å². The minimum Gasteiger partial charge on any atom is -0.480 e. The summed E-state index contributed by atoms with van der Waals surface area (Å²) in [4.78, 5) is 24.3. The number of carboxylic acids is 1. The van der Waals surface area contributed by atoms with Crippen LogP contribution in [0.1, 0.15) is 32.1 Å². The third kappa shape index (κ3) is 4.40. The molecule has 0 saturated heterocycles. The van der Waals surface area contributed by atoms with Crippen LogP contribution in [-0.2, 0) is 9.59 Å². The Bertz CT molecular complexity index is 416. The Kier molecular flexibility index (Phi) is 5.57. The van der Waals surface area contributed by atoms with E-state index in [9.17, 15) is 9.59 Å². The molecule has 19 heavy (non-hydrogen) atoms. The summed E-state index contributed by atoms with van der Waals surface area (Å²) in [7, 11) is 1.62. The lowest BCUT2D eigenvalue weighted by Gasteiger charge is -2.23. The van der Waals surface area contributed by atoms with Gasteiger partial charge in [0.1, 0.15) is 11.8 Å². The van der Waals surface area contributed by atoms with Crippen LogP contribution in [0, 0.1) is 0 Å². The number of carboxylic acid groups (broad SMARTS) is 1. The van der Waals surface area contributed by atoms with Crippen LogP contribution in [0.3, 0.4) is 0 Å². The molecule has 0 aromatic carbocycles. The highest BCUT2D eigenvalue weighted by Gasteiger charge is 2.23. The summed E-state index contributed by atoms with van der Waals surface area (Å²) in [5, 5.41) is 11.8. The fraction of sp³-hybridized carbons (Fsp3) is 0.538. The zero-order chi connectivity index (χ0) is 14.4. The predicted molar refractivity (Wildman–Crippen MR) is 69.6 cm³/mol. The fourth-order valence-corrected chi connectivity index (χ4v) is 1.91. The number of likely N-dealkylation sites (N-methyl/N-ethyl adjacent to an activating group) is 1. The third-order valence-electron chi connectivity index (χ3n) is 2.94. The molecule has 106 valence electrons. The quantitative estimate of drug-likeness (QED) is 0.777. The van der Waals surface area contributed by atoms with E-state index in [0.717, 1.165) is 0 Å². The lowest BCUT2D eigenvalue weighted by Crippen LogP contribution is -2.44. The molecule has 1 aromatic rings. The maximum absolute atomic E-state index is 11.8. The third-order valence-corrected chi connectivity index (χ3v) is 2.94. The van der Waals surface area contributed by atoms with Crippen LogP contribution in [0.5, 0.6) is 0 Å². The molecule has 0 radical (unpaired) electrons. The van der Waals surface area contributed by atoms with Crippen molar-refractivity contribution in [1.29, 1.82) is 0 Å². The van der Waals surface area contributed by atoms with Gasteiger partial charge in [-0.2, -0.15) is 0 Å². The monoisotopic (exact) mass is 268 g/mol. The van der Waals surface area contributed by atoms with Gasteiger partial charge in [-0.05, 0) is 32.5 Å². The van der Waals surface area contributed by atoms with Crippen molar-refractivity contribution in [3.05, 3.63) is 24.2 Å². The number of amides is 1. The van der Waals surface area contributed by atoms with E-state index in [4.69, 9.17) is 9.52 Å². The summed E-state index contributed by atoms with van der Waals surface area (Å²) in [5.74, 6) is -0.482. The molecule has 1 rings (SSSR count). The summed E-state index contributed by atoms with van der Waals surface area (Å²) in [6.07, 6.45) is 1.99. The van der Waals surface area contributed by atoms with E-state index >= 15 is 0 Å². The minimum atomic E-state index is -0.920. The molecule has 0 aliphatic heterocycles. The van der Waals surface area contributed by atoms with E-state index in [2.05, 4.69) is 5.32 Å². The molecule has 1 heterocycles. The van der Waals surface area contributed by atoms with Crippen molar-refractivity contribution in [1.82, 2.24) is 10.2 Å². The van der Waals surface area contributed by atoms with Crippen LogP contribution >= 0.6 is 0 Å². The Balaban J connectivity index is 2.48. The predicted octanol–water partition coefficient (Wildman–Crippen LogP) is 1.25. The van der Waals surface area contributed by atoms with Crippen molar-refractivity contribution >= 4 is 11.9 Å². The number of nitrogens with zero attached hydrogens (tertiary/aromatic N) is 1. The zero-order valence-electron chi connectivity index (χ0n) is 11.4. The number of furan rings is 1. The van der Waals surface area contributed by atoms with Crippen molar-refractivity contribution in [3.63, 3.8) is 0 Å². The van der Waals surface area contributed by atoms with Gasteiger partial charge in [-0.3, -0.25) is 14.5 Å². The van der Waals surface area contributed by atoms with E-state index in [0.29, 0.717) is 12.2 Å². The number of hydrogen-bond acceptors (Lipinski definition) is 4. The summed E-state index contributed by atoms with van der Waals surface area (Å²) < 4.78 is 5.19. The standard InChI is InChI=1S/C13H20N2O4/c1-4-10(13(17)18)15(3)8-12(16)14-9(2)11-6-5-7-19-11/h5-7,9-10H,4,8H2,1-3H3,(H,14,16)(H,17,18). The Labute approximate surface area is 112 Å². The fourth-order valence-electron chi connectivity index (χ4n) is 1.91. The molecule has 0 spiro atoms. The smallest absolute Gasteiger partial charge is 0.320 e. The van der Waals surface area contributed by atoms with Gasteiger partial charge in [0, 0.05) is 0 Å². The molecule has 1 amide bonds. The van der Waals surface area contributed by atoms with E-state index in [1.54, 1.807) is 32.4 Å². The first kappa shape index (κ1) is 15.2. The highest BCUT2D eigenvalue weighted by atomic mass is 16.4. The molecule has 0 saturated carbocycles. The maximum atomic E-state index is 11.8. The van der Waals surface area contributed by atoms with Gasteiger partial charge in [0.25, 0.3) is 0 Å². The first-order chi connectivity index (χ1) is 8.95. The van der Waals surface area contributed by atoms with Crippen molar-refractivity contribution in [2.75, 3.05) is 13.6 Å². The summed E-state index contributed by atoms with van der Waals surface area (Å²) >= 11 is 0. The Morgan fingerprint density at radius 3 is 2.68 bits per heavy atom. The molecule has 2 N–H and O–H groups in total. The summed E-state index contributed by atoms with van der Waals surface area (Å²) in [6.45, 7) is 3.62. The minimum absolute atomic E-state index is 0.0376. The van der Waals surface area contributed by atoms with Gasteiger partial charge in [-0.15, -0.1) is 0 Å². The molecule has 6 heteroatoms. The number of carbonyl (C=O) groups excluding carboxylic acids is 1. The average molecular weight is 268 g/mol. The molecule has 0 bridgehead atoms. The lowest BCUT2D eigenvalue weighted by atomic mass is 10.2. The second kappa shape index (κ2) is 6.94. The second-order valence-corrected chi connectivity index (χ2v) is 4.48. The maximum Gasteiger partial charge on any atom is 0.320 e. The number of aliphatic carboxylic acids is 1. The molecule has 2 unspecified atom stereocenters. The molecule has 6 nitrogen and oxygen atoms in total. The molecule has 1 aromatic heterocycles. The van der Waals surface area contributed by atoms with Gasteiger partial charge in [-0.1, -0.05) is 6.92 Å². The summed E-state index contributed by atoms with van der Waals surface area (Å²) in [6, 6.07) is 2.65. The van der Waals surface area contributed by atoms with Gasteiger partial charge >= 0.3 is 5.97 Å². The molecule has 0 fully saturated rings. The topological polar surface area (TPSA) is 82.8 Å². The molecule has 0 aliphatic carbocycles. The Morgan fingerprint density at radius 1 is 1.53 bits per heavy atom. The van der Waals surface area contributed by atoms with Crippen molar-refractivity contribution in [3.8, 4) is 0 Å². The Hall–Kier alpha value is -1.82. The molecular weight excluding hydrogens is 248 g/mol. The van der Waals surface area contributed by atoms with E-state index < -0.39 is 12.0 Å². The SMILES string of the molecule is CCC(C(=O)O)N(C)CC(=O)NC(C)c1ccco1. The largest absolute Gasteiger partial charge is 0.480 e. The second-order valence-electron chi connectivity index (χ2n) is 4.48.